The minimum Gasteiger partial charge on any atom is -0.378 e. The van der Waals surface area contributed by atoms with Gasteiger partial charge in [0.05, 0.1) is 16.0 Å². The molecule has 134 valence electrons. The van der Waals surface area contributed by atoms with Gasteiger partial charge in [0, 0.05) is 28.6 Å². The molecule has 2 aromatic rings. The molecule has 1 N–H and O–H groups in total. The number of hydrogen-bond donors (Lipinski definition) is 1. The minimum atomic E-state index is -3.82. The largest absolute Gasteiger partial charge is 0.378 e. The van der Waals surface area contributed by atoms with Crippen molar-refractivity contribution in [2.75, 3.05) is 11.6 Å². The van der Waals surface area contributed by atoms with Crippen LogP contribution in [0.2, 0.25) is 10.0 Å². The number of nitrogens with zero attached hydrogens (tertiary/aromatic N) is 1. The van der Waals surface area contributed by atoms with Gasteiger partial charge >= 0.3 is 0 Å². The zero-order chi connectivity index (χ0) is 18.9. The SMILES string of the molecule is CC(Nc1ccc([N+](=O)[O-])c(S(C)(=O)=O)c1)c1c(Cl)ccc(F)c1Cl. The highest BCUT2D eigenvalue weighted by Gasteiger charge is 2.23. The molecule has 0 fully saturated rings. The molecule has 0 saturated heterocycles. The van der Waals surface area contributed by atoms with E-state index in [-0.39, 0.29) is 15.7 Å². The summed E-state index contributed by atoms with van der Waals surface area (Å²) >= 11 is 12.0. The van der Waals surface area contributed by atoms with E-state index in [0.29, 0.717) is 5.56 Å². The normalized spacial score (nSPS) is 12.7. The molecule has 0 bridgehead atoms. The Morgan fingerprint density at radius 1 is 1.24 bits per heavy atom. The average Bonchev–Trinajstić information content (AvgIpc) is 2.50. The highest BCUT2D eigenvalue weighted by atomic mass is 35.5. The van der Waals surface area contributed by atoms with Crippen molar-refractivity contribution in [2.24, 2.45) is 0 Å². The highest BCUT2D eigenvalue weighted by molar-refractivity contribution is 7.90. The summed E-state index contributed by atoms with van der Waals surface area (Å²) in [6, 6.07) is 5.49. The van der Waals surface area contributed by atoms with Gasteiger partial charge in [-0.25, -0.2) is 12.8 Å². The quantitative estimate of drug-likeness (QED) is 0.444. The Hall–Kier alpha value is -1.90. The first-order valence-electron chi connectivity index (χ1n) is 6.90. The number of nitro benzene ring substituents is 1. The van der Waals surface area contributed by atoms with E-state index in [9.17, 15) is 22.9 Å². The second-order valence-corrected chi connectivity index (χ2v) is 8.10. The van der Waals surface area contributed by atoms with Crippen molar-refractivity contribution in [3.8, 4) is 0 Å². The van der Waals surface area contributed by atoms with E-state index >= 15 is 0 Å². The van der Waals surface area contributed by atoms with Crippen LogP contribution < -0.4 is 5.32 Å². The Bertz CT molecular complexity index is 951. The summed E-state index contributed by atoms with van der Waals surface area (Å²) < 4.78 is 37.2. The van der Waals surface area contributed by atoms with Crippen LogP contribution in [0.25, 0.3) is 0 Å². The third-order valence-corrected chi connectivity index (χ3v) is 5.29. The number of hydrogen-bond acceptors (Lipinski definition) is 5. The Morgan fingerprint density at radius 3 is 2.44 bits per heavy atom. The molecule has 0 aliphatic carbocycles. The molecule has 0 spiro atoms. The van der Waals surface area contributed by atoms with Crippen molar-refractivity contribution >= 4 is 44.4 Å². The molecule has 0 aromatic heterocycles. The third-order valence-electron chi connectivity index (χ3n) is 3.45. The zero-order valence-corrected chi connectivity index (χ0v) is 15.4. The first-order chi connectivity index (χ1) is 11.5. The molecule has 1 unspecified atom stereocenters. The lowest BCUT2D eigenvalue weighted by Gasteiger charge is -2.19. The number of nitro groups is 1. The first kappa shape index (κ1) is 19.4. The molecule has 0 heterocycles. The molecule has 2 rings (SSSR count). The topological polar surface area (TPSA) is 89.3 Å². The minimum absolute atomic E-state index is 0.155. The number of benzene rings is 2. The lowest BCUT2D eigenvalue weighted by Crippen LogP contribution is -2.10. The molecular weight excluding hydrogens is 394 g/mol. The van der Waals surface area contributed by atoms with Crippen molar-refractivity contribution < 1.29 is 17.7 Å². The van der Waals surface area contributed by atoms with Gasteiger partial charge in [-0.2, -0.15) is 0 Å². The lowest BCUT2D eigenvalue weighted by molar-refractivity contribution is -0.387. The summed E-state index contributed by atoms with van der Waals surface area (Å²) in [5.41, 5.74) is 0.0556. The van der Waals surface area contributed by atoms with Crippen LogP contribution in [-0.4, -0.2) is 19.6 Å². The summed E-state index contributed by atoms with van der Waals surface area (Å²) in [6.45, 7) is 1.65. The van der Waals surface area contributed by atoms with Crippen LogP contribution in [0.4, 0.5) is 15.8 Å². The summed E-state index contributed by atoms with van der Waals surface area (Å²) in [6.07, 6.45) is 0.878. The second-order valence-electron chi connectivity index (χ2n) is 5.33. The fourth-order valence-corrected chi connectivity index (χ4v) is 3.88. The fourth-order valence-electron chi connectivity index (χ4n) is 2.31. The van der Waals surface area contributed by atoms with Crippen LogP contribution in [0, 0.1) is 15.9 Å². The maximum Gasteiger partial charge on any atom is 0.288 e. The molecule has 0 amide bonds. The molecule has 0 aliphatic rings. The van der Waals surface area contributed by atoms with Gasteiger partial charge in [0.25, 0.3) is 5.69 Å². The molecule has 0 saturated carbocycles. The van der Waals surface area contributed by atoms with Gasteiger partial charge in [0.2, 0.25) is 0 Å². The smallest absolute Gasteiger partial charge is 0.288 e. The number of sulfone groups is 1. The zero-order valence-electron chi connectivity index (χ0n) is 13.1. The summed E-state index contributed by atoms with van der Waals surface area (Å²) in [5.74, 6) is -0.643. The van der Waals surface area contributed by atoms with E-state index in [4.69, 9.17) is 23.2 Å². The van der Waals surface area contributed by atoms with E-state index < -0.39 is 37.2 Å². The maximum absolute atomic E-state index is 13.6. The van der Waals surface area contributed by atoms with Crippen LogP contribution in [0.5, 0.6) is 0 Å². The predicted octanol–water partition coefficient (Wildman–Crippen LogP) is 4.62. The van der Waals surface area contributed by atoms with Crippen molar-refractivity contribution in [3.05, 3.63) is 61.9 Å². The fraction of sp³-hybridized carbons (Fsp3) is 0.200. The molecule has 25 heavy (non-hydrogen) atoms. The van der Waals surface area contributed by atoms with Crippen LogP contribution >= 0.6 is 23.2 Å². The second kappa shape index (κ2) is 7.15. The molecule has 0 aliphatic heterocycles. The van der Waals surface area contributed by atoms with Gasteiger partial charge in [0.15, 0.2) is 9.84 Å². The van der Waals surface area contributed by atoms with Crippen LogP contribution in [0.1, 0.15) is 18.5 Å². The average molecular weight is 407 g/mol. The third kappa shape index (κ3) is 4.20. The monoisotopic (exact) mass is 406 g/mol. The summed E-state index contributed by atoms with van der Waals surface area (Å²) in [4.78, 5) is 9.80. The number of rotatable bonds is 5. The van der Waals surface area contributed by atoms with Gasteiger partial charge in [-0.05, 0) is 31.2 Å². The Kier molecular flexibility index (Phi) is 5.55. The van der Waals surface area contributed by atoms with Crippen molar-refractivity contribution in [3.63, 3.8) is 0 Å². The van der Waals surface area contributed by atoms with E-state index in [1.807, 2.05) is 0 Å². The molecule has 0 radical (unpaired) electrons. The van der Waals surface area contributed by atoms with Crippen LogP contribution in [0.3, 0.4) is 0 Å². The number of halogens is 3. The van der Waals surface area contributed by atoms with Crippen molar-refractivity contribution in [2.45, 2.75) is 17.9 Å². The number of nitrogens with one attached hydrogen (secondary N) is 1. The van der Waals surface area contributed by atoms with Gasteiger partial charge in [-0.3, -0.25) is 10.1 Å². The van der Waals surface area contributed by atoms with E-state index in [0.717, 1.165) is 24.5 Å². The predicted molar refractivity (Wildman–Crippen MR) is 94.7 cm³/mol. The standard InChI is InChI=1S/C15H13Cl2FN2O4S/c1-8(14-10(16)4-5-11(18)15(14)17)19-9-3-6-12(20(21)22)13(7-9)25(2,23)24/h3-8,19H,1-2H3. The molecule has 10 heteroatoms. The van der Waals surface area contributed by atoms with Crippen LogP contribution in [0.15, 0.2) is 35.2 Å². The summed E-state index contributed by atoms with van der Waals surface area (Å²) in [7, 11) is -3.82. The summed E-state index contributed by atoms with van der Waals surface area (Å²) in [5, 5.41) is 14.0. The maximum atomic E-state index is 13.6. The first-order valence-corrected chi connectivity index (χ1v) is 9.55. The van der Waals surface area contributed by atoms with Gasteiger partial charge in [-0.1, -0.05) is 23.2 Å². The number of anilines is 1. The highest BCUT2D eigenvalue weighted by Crippen LogP contribution is 2.35. The molecule has 6 nitrogen and oxygen atoms in total. The molecular formula is C15H13Cl2FN2O4S. The Labute approximate surface area is 153 Å². The van der Waals surface area contributed by atoms with E-state index in [1.165, 1.54) is 12.1 Å². The van der Waals surface area contributed by atoms with E-state index in [2.05, 4.69) is 5.32 Å². The van der Waals surface area contributed by atoms with Gasteiger partial charge < -0.3 is 5.32 Å². The molecule has 1 atom stereocenters. The Balaban J connectivity index is 2.45. The van der Waals surface area contributed by atoms with Crippen molar-refractivity contribution in [1.82, 2.24) is 0 Å². The molecule has 2 aromatic carbocycles. The van der Waals surface area contributed by atoms with E-state index in [1.54, 1.807) is 6.92 Å². The van der Waals surface area contributed by atoms with Gasteiger partial charge in [0.1, 0.15) is 10.7 Å². The lowest BCUT2D eigenvalue weighted by atomic mass is 10.1. The van der Waals surface area contributed by atoms with Gasteiger partial charge in [-0.15, -0.1) is 0 Å². The van der Waals surface area contributed by atoms with Crippen LogP contribution in [-0.2, 0) is 9.84 Å². The Morgan fingerprint density at radius 2 is 1.88 bits per heavy atom. The van der Waals surface area contributed by atoms with Crippen molar-refractivity contribution in [1.29, 1.82) is 0 Å².